The zero-order chi connectivity index (χ0) is 27.6. The largest absolute Gasteiger partial charge is 0.394 e. The van der Waals surface area contributed by atoms with Crippen LogP contribution in [0.2, 0.25) is 0 Å². The van der Waals surface area contributed by atoms with Gasteiger partial charge in [0.15, 0.2) is 0 Å². The zero-order valence-corrected chi connectivity index (χ0v) is 23.5. The van der Waals surface area contributed by atoms with Crippen molar-refractivity contribution in [3.05, 3.63) is 138 Å². The van der Waals surface area contributed by atoms with E-state index in [9.17, 15) is 5.11 Å². The Hall–Kier alpha value is -2.97. The molecular formula is C34H36O5S. The predicted molar refractivity (Wildman–Crippen MR) is 158 cm³/mol. The summed E-state index contributed by atoms with van der Waals surface area (Å²) in [6.45, 7) is 3.04. The third-order valence-corrected chi connectivity index (χ3v) is 8.06. The fourth-order valence-corrected chi connectivity index (χ4v) is 5.87. The van der Waals surface area contributed by atoms with Crippen LogP contribution in [-0.4, -0.2) is 41.6 Å². The van der Waals surface area contributed by atoms with Crippen LogP contribution >= 0.6 is 11.8 Å². The Balaban J connectivity index is 1.44. The first-order valence-electron chi connectivity index (χ1n) is 13.7. The average molecular weight is 557 g/mol. The van der Waals surface area contributed by atoms with Crippen LogP contribution in [0.4, 0.5) is 0 Å². The average Bonchev–Trinajstić information content (AvgIpc) is 3.01. The lowest BCUT2D eigenvalue weighted by molar-refractivity contribution is -0.251. The highest BCUT2D eigenvalue weighted by atomic mass is 32.2. The van der Waals surface area contributed by atoms with Crippen LogP contribution < -0.4 is 0 Å². The molecule has 0 saturated carbocycles. The van der Waals surface area contributed by atoms with Gasteiger partial charge in [0.25, 0.3) is 0 Å². The Bertz CT molecular complexity index is 1270. The van der Waals surface area contributed by atoms with Crippen LogP contribution in [0.25, 0.3) is 0 Å². The Morgan fingerprint density at radius 3 is 1.52 bits per heavy atom. The van der Waals surface area contributed by atoms with Gasteiger partial charge in [0.1, 0.15) is 29.9 Å². The molecule has 0 spiro atoms. The van der Waals surface area contributed by atoms with Crippen LogP contribution in [0.3, 0.4) is 0 Å². The van der Waals surface area contributed by atoms with Gasteiger partial charge in [-0.3, -0.25) is 0 Å². The molecular weight excluding hydrogens is 520 g/mol. The molecule has 1 N–H and O–H groups in total. The Morgan fingerprint density at radius 1 is 0.600 bits per heavy atom. The van der Waals surface area contributed by atoms with Crippen molar-refractivity contribution in [2.75, 3.05) is 6.61 Å². The van der Waals surface area contributed by atoms with Crippen molar-refractivity contribution in [2.24, 2.45) is 0 Å². The molecule has 6 heteroatoms. The van der Waals surface area contributed by atoms with Crippen LogP contribution in [0.5, 0.6) is 0 Å². The zero-order valence-electron chi connectivity index (χ0n) is 22.7. The SMILES string of the molecule is Cc1ccc(S[C@@H]2OC(CO)[C@H](OCc3ccccc3)C(OCc3ccccc3)C2OCc2ccccc2)cc1. The second kappa shape index (κ2) is 14.6. The van der Waals surface area contributed by atoms with E-state index >= 15 is 0 Å². The van der Waals surface area contributed by atoms with E-state index in [1.807, 2.05) is 91.0 Å². The van der Waals surface area contributed by atoms with Gasteiger partial charge in [0.2, 0.25) is 0 Å². The summed E-state index contributed by atoms with van der Waals surface area (Å²) in [6.07, 6.45) is -2.06. The first-order chi connectivity index (χ1) is 19.7. The summed E-state index contributed by atoms with van der Waals surface area (Å²) in [5, 5.41) is 10.5. The molecule has 1 heterocycles. The normalized spacial score (nSPS) is 22.7. The van der Waals surface area contributed by atoms with Gasteiger partial charge >= 0.3 is 0 Å². The highest BCUT2D eigenvalue weighted by Crippen LogP contribution is 2.38. The molecule has 4 aromatic carbocycles. The van der Waals surface area contributed by atoms with Crippen molar-refractivity contribution >= 4 is 11.8 Å². The van der Waals surface area contributed by atoms with Gasteiger partial charge in [-0.1, -0.05) is 120 Å². The topological polar surface area (TPSA) is 57.2 Å². The van der Waals surface area contributed by atoms with Crippen molar-refractivity contribution in [2.45, 2.75) is 61.5 Å². The highest BCUT2D eigenvalue weighted by Gasteiger charge is 2.48. The Labute approximate surface area is 241 Å². The predicted octanol–water partition coefficient (Wildman–Crippen LogP) is 6.56. The summed E-state index contributed by atoms with van der Waals surface area (Å²) in [7, 11) is 0. The van der Waals surface area contributed by atoms with E-state index in [1.54, 1.807) is 11.8 Å². The summed E-state index contributed by atoms with van der Waals surface area (Å²) in [5.41, 5.74) is 3.94. The first kappa shape index (κ1) is 28.6. The number of rotatable bonds is 12. The van der Waals surface area contributed by atoms with Crippen molar-refractivity contribution in [1.82, 2.24) is 0 Å². The van der Waals surface area contributed by atoms with E-state index in [0.29, 0.717) is 19.8 Å². The molecule has 1 fully saturated rings. The van der Waals surface area contributed by atoms with Crippen LogP contribution in [0.1, 0.15) is 22.3 Å². The minimum Gasteiger partial charge on any atom is -0.394 e. The molecule has 0 radical (unpaired) electrons. The number of aryl methyl sites for hydroxylation is 1. The number of aliphatic hydroxyl groups excluding tert-OH is 1. The fraction of sp³-hybridized carbons (Fsp3) is 0.294. The molecule has 0 amide bonds. The lowest BCUT2D eigenvalue weighted by Crippen LogP contribution is -2.60. The lowest BCUT2D eigenvalue weighted by Gasteiger charge is -2.45. The minimum absolute atomic E-state index is 0.193. The van der Waals surface area contributed by atoms with E-state index in [2.05, 4.69) is 31.2 Å². The van der Waals surface area contributed by atoms with Crippen molar-refractivity contribution < 1.29 is 24.1 Å². The lowest BCUT2D eigenvalue weighted by atomic mass is 9.99. The molecule has 0 aliphatic carbocycles. The van der Waals surface area contributed by atoms with Gasteiger partial charge in [-0.2, -0.15) is 0 Å². The molecule has 4 aromatic rings. The highest BCUT2D eigenvalue weighted by molar-refractivity contribution is 7.99. The van der Waals surface area contributed by atoms with E-state index < -0.39 is 29.9 Å². The summed E-state index contributed by atoms with van der Waals surface area (Å²) in [5.74, 6) is 0. The van der Waals surface area contributed by atoms with Gasteiger partial charge < -0.3 is 24.1 Å². The molecule has 1 aliphatic heterocycles. The second-order valence-electron chi connectivity index (χ2n) is 9.94. The Morgan fingerprint density at radius 2 is 1.05 bits per heavy atom. The molecule has 5 rings (SSSR count). The maximum atomic E-state index is 10.5. The van der Waals surface area contributed by atoms with Gasteiger partial charge in [0, 0.05) is 4.90 Å². The number of hydrogen-bond donors (Lipinski definition) is 1. The number of hydrogen-bond acceptors (Lipinski definition) is 6. The number of aliphatic hydroxyl groups is 1. The van der Waals surface area contributed by atoms with Crippen LogP contribution in [0.15, 0.2) is 120 Å². The monoisotopic (exact) mass is 556 g/mol. The van der Waals surface area contributed by atoms with Crippen molar-refractivity contribution in [3.63, 3.8) is 0 Å². The molecule has 208 valence electrons. The van der Waals surface area contributed by atoms with Gasteiger partial charge in [-0.25, -0.2) is 0 Å². The molecule has 0 bridgehead atoms. The molecule has 1 aliphatic rings. The number of benzene rings is 4. The molecule has 3 unspecified atom stereocenters. The quantitative estimate of drug-likeness (QED) is 0.213. The summed E-state index contributed by atoms with van der Waals surface area (Å²) in [6, 6.07) is 38.5. The van der Waals surface area contributed by atoms with Gasteiger partial charge in [0.05, 0.1) is 26.4 Å². The van der Waals surface area contributed by atoms with Crippen LogP contribution in [0, 0.1) is 6.92 Å². The summed E-state index contributed by atoms with van der Waals surface area (Å²) < 4.78 is 26.3. The fourth-order valence-electron chi connectivity index (χ4n) is 4.74. The second-order valence-corrected chi connectivity index (χ2v) is 11.1. The molecule has 40 heavy (non-hydrogen) atoms. The maximum absolute atomic E-state index is 10.5. The first-order valence-corrected chi connectivity index (χ1v) is 14.5. The third-order valence-electron chi connectivity index (χ3n) is 6.90. The van der Waals surface area contributed by atoms with E-state index in [0.717, 1.165) is 21.6 Å². The molecule has 5 nitrogen and oxygen atoms in total. The van der Waals surface area contributed by atoms with Crippen LogP contribution in [-0.2, 0) is 38.8 Å². The van der Waals surface area contributed by atoms with E-state index in [1.165, 1.54) is 5.56 Å². The molecule has 5 atom stereocenters. The smallest absolute Gasteiger partial charge is 0.137 e. The van der Waals surface area contributed by atoms with Crippen molar-refractivity contribution in [3.8, 4) is 0 Å². The molecule has 1 saturated heterocycles. The van der Waals surface area contributed by atoms with Gasteiger partial charge in [-0.15, -0.1) is 0 Å². The summed E-state index contributed by atoms with van der Waals surface area (Å²) in [4.78, 5) is 1.06. The van der Waals surface area contributed by atoms with E-state index in [-0.39, 0.29) is 6.61 Å². The summed E-state index contributed by atoms with van der Waals surface area (Å²) >= 11 is 1.58. The Kier molecular flexibility index (Phi) is 10.4. The van der Waals surface area contributed by atoms with Crippen molar-refractivity contribution in [1.29, 1.82) is 0 Å². The maximum Gasteiger partial charge on any atom is 0.137 e. The minimum atomic E-state index is -0.580. The molecule has 0 aromatic heterocycles. The number of thioether (sulfide) groups is 1. The van der Waals surface area contributed by atoms with E-state index in [4.69, 9.17) is 18.9 Å². The standard InChI is InChI=1S/C34H36O5S/c1-25-17-19-29(20-18-25)40-34-33(38-24-28-15-9-4-10-16-28)32(37-23-27-13-7-3-8-14-27)31(30(21-35)39-34)36-22-26-11-5-2-6-12-26/h2-20,30-35H,21-24H2,1H3/t30?,31-,32?,33?,34-/m0/s1. The number of ether oxygens (including phenoxy) is 4. The van der Waals surface area contributed by atoms with Gasteiger partial charge in [-0.05, 0) is 35.7 Å². The third kappa shape index (κ3) is 7.82.